The Morgan fingerprint density at radius 2 is 1.93 bits per heavy atom. The van der Waals surface area contributed by atoms with E-state index in [1.807, 2.05) is 0 Å². The molecule has 2 rings (SSSR count). The van der Waals surface area contributed by atoms with Crippen LogP contribution < -0.4 is 4.90 Å². The Kier molecular flexibility index (Phi) is 2.61. The zero-order chi connectivity index (χ0) is 10.1. The van der Waals surface area contributed by atoms with Crippen LogP contribution in [0.25, 0.3) is 0 Å². The molecule has 1 fully saturated rings. The molecule has 1 aliphatic heterocycles. The van der Waals surface area contributed by atoms with Gasteiger partial charge >= 0.3 is 0 Å². The summed E-state index contributed by atoms with van der Waals surface area (Å²) in [5.74, 6) is 0.114. The van der Waals surface area contributed by atoms with Gasteiger partial charge in [-0.3, -0.25) is 4.79 Å². The van der Waals surface area contributed by atoms with Crippen LogP contribution in [0.15, 0.2) is 12.1 Å². The van der Waals surface area contributed by atoms with Crippen LogP contribution in [0.1, 0.15) is 12.8 Å². The van der Waals surface area contributed by atoms with Gasteiger partial charge in [-0.1, -0.05) is 23.2 Å². The van der Waals surface area contributed by atoms with Crippen LogP contribution >= 0.6 is 23.2 Å². The Hall–Kier alpha value is -0.800. The summed E-state index contributed by atoms with van der Waals surface area (Å²) in [6, 6.07) is 3.30. The van der Waals surface area contributed by atoms with Crippen LogP contribution in [-0.4, -0.2) is 17.4 Å². The molecule has 2 heterocycles. The molecule has 0 aromatic carbocycles. The minimum atomic E-state index is 0.114. The van der Waals surface area contributed by atoms with Crippen molar-refractivity contribution in [2.45, 2.75) is 12.8 Å². The van der Waals surface area contributed by atoms with Crippen molar-refractivity contribution in [2.75, 3.05) is 11.4 Å². The minimum Gasteiger partial charge on any atom is -0.312 e. The maximum Gasteiger partial charge on any atom is 0.227 e. The van der Waals surface area contributed by atoms with Gasteiger partial charge in [0.25, 0.3) is 0 Å². The normalized spacial score (nSPS) is 16.4. The Balaban J connectivity index is 2.35. The fourth-order valence-electron chi connectivity index (χ4n) is 1.53. The first kappa shape index (κ1) is 9.74. The molecule has 14 heavy (non-hydrogen) atoms. The Labute approximate surface area is 91.6 Å². The predicted molar refractivity (Wildman–Crippen MR) is 55.8 cm³/mol. The summed E-state index contributed by atoms with van der Waals surface area (Å²) in [7, 11) is 0. The summed E-state index contributed by atoms with van der Waals surface area (Å²) in [4.78, 5) is 16.9. The van der Waals surface area contributed by atoms with Crippen LogP contribution in [0.5, 0.6) is 0 Å². The SMILES string of the molecule is O=C1CCCN1c1cc(Cl)nc(Cl)c1. The zero-order valence-electron chi connectivity index (χ0n) is 7.33. The van der Waals surface area contributed by atoms with E-state index in [9.17, 15) is 4.79 Å². The summed E-state index contributed by atoms with van der Waals surface area (Å²) < 4.78 is 0. The van der Waals surface area contributed by atoms with Crippen molar-refractivity contribution in [1.82, 2.24) is 4.98 Å². The van der Waals surface area contributed by atoms with Gasteiger partial charge in [0.1, 0.15) is 10.3 Å². The number of amides is 1. The van der Waals surface area contributed by atoms with Gasteiger partial charge in [0.15, 0.2) is 0 Å². The van der Waals surface area contributed by atoms with Gasteiger partial charge in [-0.15, -0.1) is 0 Å². The van der Waals surface area contributed by atoms with E-state index in [0.29, 0.717) is 16.7 Å². The second kappa shape index (κ2) is 3.75. The van der Waals surface area contributed by atoms with Gasteiger partial charge in [0, 0.05) is 18.7 Å². The third kappa shape index (κ3) is 1.83. The maximum atomic E-state index is 11.4. The fraction of sp³-hybridized carbons (Fsp3) is 0.333. The molecule has 1 aromatic heterocycles. The fourth-order valence-corrected chi connectivity index (χ4v) is 1.98. The lowest BCUT2D eigenvalue weighted by molar-refractivity contribution is -0.117. The molecule has 0 atom stereocenters. The lowest BCUT2D eigenvalue weighted by Gasteiger charge is -2.15. The van der Waals surface area contributed by atoms with E-state index in [0.717, 1.165) is 18.7 Å². The molecule has 1 aliphatic rings. The van der Waals surface area contributed by atoms with Crippen molar-refractivity contribution < 1.29 is 4.79 Å². The molecule has 1 amide bonds. The van der Waals surface area contributed by atoms with E-state index >= 15 is 0 Å². The third-order valence-electron chi connectivity index (χ3n) is 2.13. The summed E-state index contributed by atoms with van der Waals surface area (Å²) in [5.41, 5.74) is 0.734. The number of pyridine rings is 1. The molecular weight excluding hydrogens is 223 g/mol. The molecule has 0 saturated carbocycles. The highest BCUT2D eigenvalue weighted by atomic mass is 35.5. The van der Waals surface area contributed by atoms with Crippen molar-refractivity contribution in [1.29, 1.82) is 0 Å². The van der Waals surface area contributed by atoms with Crippen molar-refractivity contribution in [2.24, 2.45) is 0 Å². The average Bonchev–Trinajstić information content (AvgIpc) is 2.49. The average molecular weight is 231 g/mol. The Bertz CT molecular complexity index is 361. The smallest absolute Gasteiger partial charge is 0.227 e. The second-order valence-electron chi connectivity index (χ2n) is 3.12. The summed E-state index contributed by atoms with van der Waals surface area (Å²) in [6.45, 7) is 0.732. The molecule has 0 bridgehead atoms. The van der Waals surface area contributed by atoms with Gasteiger partial charge in [0.05, 0.1) is 0 Å². The molecule has 0 radical (unpaired) electrons. The number of hydrogen-bond acceptors (Lipinski definition) is 2. The molecule has 0 N–H and O–H groups in total. The molecule has 5 heteroatoms. The van der Waals surface area contributed by atoms with Gasteiger partial charge in [-0.2, -0.15) is 0 Å². The van der Waals surface area contributed by atoms with Crippen molar-refractivity contribution in [3.63, 3.8) is 0 Å². The number of rotatable bonds is 1. The molecule has 74 valence electrons. The molecule has 3 nitrogen and oxygen atoms in total. The molecule has 0 aliphatic carbocycles. The standard InChI is InChI=1S/C9H8Cl2N2O/c10-7-4-6(5-8(11)12-7)13-3-1-2-9(13)14/h4-5H,1-3H2. The van der Waals surface area contributed by atoms with E-state index < -0.39 is 0 Å². The van der Waals surface area contributed by atoms with Crippen LogP contribution in [-0.2, 0) is 4.79 Å². The monoisotopic (exact) mass is 230 g/mol. The van der Waals surface area contributed by atoms with Gasteiger partial charge < -0.3 is 4.90 Å². The van der Waals surface area contributed by atoms with E-state index in [-0.39, 0.29) is 5.91 Å². The number of aromatic nitrogens is 1. The lowest BCUT2D eigenvalue weighted by Crippen LogP contribution is -2.23. The van der Waals surface area contributed by atoms with E-state index in [4.69, 9.17) is 23.2 Å². The van der Waals surface area contributed by atoms with Crippen LogP contribution in [0, 0.1) is 0 Å². The summed E-state index contributed by atoms with van der Waals surface area (Å²) in [5, 5.41) is 0.624. The molecule has 0 unspecified atom stereocenters. The maximum absolute atomic E-state index is 11.4. The number of nitrogens with zero attached hydrogens (tertiary/aromatic N) is 2. The third-order valence-corrected chi connectivity index (χ3v) is 2.52. The van der Waals surface area contributed by atoms with Crippen LogP contribution in [0.3, 0.4) is 0 Å². The number of hydrogen-bond donors (Lipinski definition) is 0. The number of carbonyl (C=O) groups is 1. The second-order valence-corrected chi connectivity index (χ2v) is 3.89. The van der Waals surface area contributed by atoms with E-state index in [1.165, 1.54) is 0 Å². The highest BCUT2D eigenvalue weighted by Crippen LogP contribution is 2.25. The van der Waals surface area contributed by atoms with Gasteiger partial charge in [-0.25, -0.2) is 4.98 Å². The summed E-state index contributed by atoms with van der Waals surface area (Å²) >= 11 is 11.5. The highest BCUT2D eigenvalue weighted by Gasteiger charge is 2.22. The quantitative estimate of drug-likeness (QED) is 0.695. The van der Waals surface area contributed by atoms with Gasteiger partial charge in [0.2, 0.25) is 5.91 Å². The van der Waals surface area contributed by atoms with E-state index in [1.54, 1.807) is 17.0 Å². The minimum absolute atomic E-state index is 0.114. The summed E-state index contributed by atoms with van der Waals surface area (Å²) in [6.07, 6.45) is 1.48. The number of anilines is 1. The van der Waals surface area contributed by atoms with E-state index in [2.05, 4.69) is 4.98 Å². The van der Waals surface area contributed by atoms with Crippen molar-refractivity contribution in [3.05, 3.63) is 22.4 Å². The Morgan fingerprint density at radius 1 is 1.29 bits per heavy atom. The first-order chi connectivity index (χ1) is 6.66. The number of carbonyl (C=O) groups excluding carboxylic acids is 1. The lowest BCUT2D eigenvalue weighted by atomic mass is 10.3. The van der Waals surface area contributed by atoms with Crippen molar-refractivity contribution in [3.8, 4) is 0 Å². The van der Waals surface area contributed by atoms with Crippen LogP contribution in [0.4, 0.5) is 5.69 Å². The topological polar surface area (TPSA) is 33.2 Å². The highest BCUT2D eigenvalue weighted by molar-refractivity contribution is 6.33. The molecule has 0 spiro atoms. The zero-order valence-corrected chi connectivity index (χ0v) is 8.85. The van der Waals surface area contributed by atoms with Crippen LogP contribution in [0.2, 0.25) is 10.3 Å². The van der Waals surface area contributed by atoms with Gasteiger partial charge in [-0.05, 0) is 18.6 Å². The van der Waals surface area contributed by atoms with Crippen molar-refractivity contribution >= 4 is 34.8 Å². The number of halogens is 2. The first-order valence-electron chi connectivity index (χ1n) is 4.30. The predicted octanol–water partition coefficient (Wildman–Crippen LogP) is 2.52. The molecule has 1 aromatic rings. The molecule has 1 saturated heterocycles. The first-order valence-corrected chi connectivity index (χ1v) is 5.06. The molecular formula is C9H8Cl2N2O. The largest absolute Gasteiger partial charge is 0.312 e. The Morgan fingerprint density at radius 3 is 2.43 bits per heavy atom.